The highest BCUT2D eigenvalue weighted by molar-refractivity contribution is 6.30. The summed E-state index contributed by atoms with van der Waals surface area (Å²) in [7, 11) is 0. The van der Waals surface area contributed by atoms with Crippen molar-refractivity contribution in [2.45, 2.75) is 32.4 Å². The Bertz CT molecular complexity index is 644. The Morgan fingerprint density at radius 2 is 1.71 bits per heavy atom. The highest BCUT2D eigenvalue weighted by Crippen LogP contribution is 2.28. The van der Waals surface area contributed by atoms with Gasteiger partial charge in [0.1, 0.15) is 0 Å². The molecule has 0 bridgehead atoms. The zero-order valence-electron chi connectivity index (χ0n) is 14.5. The number of amides is 2. The van der Waals surface area contributed by atoms with Crippen LogP contribution in [0.1, 0.15) is 31.1 Å². The molecule has 2 saturated heterocycles. The van der Waals surface area contributed by atoms with Gasteiger partial charge < -0.3 is 9.80 Å². The zero-order chi connectivity index (χ0) is 17.5. The van der Waals surface area contributed by atoms with Crippen LogP contribution in [0.25, 0.3) is 0 Å². The van der Waals surface area contributed by atoms with E-state index in [1.54, 1.807) is 31.2 Å². The molecule has 0 radical (unpaired) electrons. The van der Waals surface area contributed by atoms with Gasteiger partial charge in [-0.25, -0.2) is 0 Å². The molecule has 2 fully saturated rings. The predicted octanol–water partition coefficient (Wildman–Crippen LogP) is 2.11. The normalized spacial score (nSPS) is 23.8. The highest BCUT2D eigenvalue weighted by Gasteiger charge is 2.43. The van der Waals surface area contributed by atoms with Gasteiger partial charge in [0, 0.05) is 61.8 Å². The summed E-state index contributed by atoms with van der Waals surface area (Å²) in [6.07, 6.45) is 0. The Balaban J connectivity index is 1.75. The number of halogens is 1. The Hall–Kier alpha value is -1.59. The monoisotopic (exact) mass is 349 g/mol. The lowest BCUT2D eigenvalue weighted by Gasteiger charge is -2.55. The minimum Gasteiger partial charge on any atom is -0.339 e. The van der Waals surface area contributed by atoms with E-state index in [1.807, 2.05) is 9.80 Å². The Labute approximate surface area is 148 Å². The maximum Gasteiger partial charge on any atom is 0.253 e. The standard InChI is InChI=1S/C18H24ClN3O2/c1-13(23)21-11-16-10-20(8-9-22(16)18(2,3)12-21)17(24)14-4-6-15(19)7-5-14/h4-7,16H,8-12H2,1-3H3. The minimum atomic E-state index is -0.0655. The second kappa shape index (κ2) is 6.37. The molecule has 1 aromatic rings. The second-order valence-electron chi connectivity index (χ2n) is 7.32. The average Bonchev–Trinajstić information content (AvgIpc) is 2.53. The van der Waals surface area contributed by atoms with Crippen molar-refractivity contribution < 1.29 is 9.59 Å². The molecule has 1 unspecified atom stereocenters. The van der Waals surface area contributed by atoms with Crippen LogP contribution in [-0.2, 0) is 4.79 Å². The molecule has 2 heterocycles. The van der Waals surface area contributed by atoms with Crippen LogP contribution in [-0.4, -0.2) is 70.8 Å². The lowest BCUT2D eigenvalue weighted by Crippen LogP contribution is -2.70. The first-order valence-corrected chi connectivity index (χ1v) is 8.73. The molecule has 0 spiro atoms. The zero-order valence-corrected chi connectivity index (χ0v) is 15.2. The number of hydrogen-bond donors (Lipinski definition) is 0. The second-order valence-corrected chi connectivity index (χ2v) is 7.75. The van der Waals surface area contributed by atoms with Crippen LogP contribution in [0.3, 0.4) is 0 Å². The van der Waals surface area contributed by atoms with E-state index in [2.05, 4.69) is 18.7 Å². The van der Waals surface area contributed by atoms with E-state index in [4.69, 9.17) is 11.6 Å². The van der Waals surface area contributed by atoms with E-state index in [-0.39, 0.29) is 23.4 Å². The molecule has 130 valence electrons. The molecule has 1 atom stereocenters. The average molecular weight is 350 g/mol. The minimum absolute atomic E-state index is 0.0315. The Morgan fingerprint density at radius 1 is 1.08 bits per heavy atom. The van der Waals surface area contributed by atoms with Crippen LogP contribution in [0.5, 0.6) is 0 Å². The van der Waals surface area contributed by atoms with Crippen LogP contribution >= 0.6 is 11.6 Å². The largest absolute Gasteiger partial charge is 0.339 e. The van der Waals surface area contributed by atoms with Crippen LogP contribution in [0.4, 0.5) is 0 Å². The topological polar surface area (TPSA) is 43.9 Å². The molecular weight excluding hydrogens is 326 g/mol. The molecule has 0 aromatic heterocycles. The summed E-state index contributed by atoms with van der Waals surface area (Å²) < 4.78 is 0. The summed E-state index contributed by atoms with van der Waals surface area (Å²) in [5.74, 6) is 0.132. The van der Waals surface area contributed by atoms with Gasteiger partial charge in [0.15, 0.2) is 0 Å². The van der Waals surface area contributed by atoms with Crippen molar-refractivity contribution in [2.24, 2.45) is 0 Å². The smallest absolute Gasteiger partial charge is 0.253 e. The molecule has 0 N–H and O–H groups in total. The van der Waals surface area contributed by atoms with Gasteiger partial charge in [-0.1, -0.05) is 11.6 Å². The fourth-order valence-electron chi connectivity index (χ4n) is 3.88. The molecule has 2 amide bonds. The third-order valence-corrected chi connectivity index (χ3v) is 5.34. The summed E-state index contributed by atoms with van der Waals surface area (Å²) in [5.41, 5.74) is 0.593. The summed E-state index contributed by atoms with van der Waals surface area (Å²) in [6.45, 7) is 9.58. The first-order chi connectivity index (χ1) is 11.3. The fraction of sp³-hybridized carbons (Fsp3) is 0.556. The van der Waals surface area contributed by atoms with Gasteiger partial charge in [0.25, 0.3) is 5.91 Å². The molecule has 24 heavy (non-hydrogen) atoms. The van der Waals surface area contributed by atoms with Gasteiger partial charge in [0.05, 0.1) is 0 Å². The molecule has 5 nitrogen and oxygen atoms in total. The first kappa shape index (κ1) is 17.2. The maximum absolute atomic E-state index is 12.7. The van der Waals surface area contributed by atoms with E-state index in [1.165, 1.54) is 0 Å². The van der Waals surface area contributed by atoms with Crippen LogP contribution < -0.4 is 0 Å². The van der Waals surface area contributed by atoms with Crippen molar-refractivity contribution in [3.8, 4) is 0 Å². The van der Waals surface area contributed by atoms with Crippen molar-refractivity contribution in [1.29, 1.82) is 0 Å². The van der Waals surface area contributed by atoms with Gasteiger partial charge in [-0.3, -0.25) is 14.5 Å². The van der Waals surface area contributed by atoms with Gasteiger partial charge >= 0.3 is 0 Å². The van der Waals surface area contributed by atoms with Gasteiger partial charge in [-0.15, -0.1) is 0 Å². The van der Waals surface area contributed by atoms with Crippen molar-refractivity contribution in [1.82, 2.24) is 14.7 Å². The fourth-order valence-corrected chi connectivity index (χ4v) is 4.01. The summed E-state index contributed by atoms with van der Waals surface area (Å²) >= 11 is 5.90. The molecule has 2 aliphatic rings. The number of nitrogens with zero attached hydrogens (tertiary/aromatic N) is 3. The van der Waals surface area contributed by atoms with Crippen molar-refractivity contribution in [3.05, 3.63) is 34.9 Å². The van der Waals surface area contributed by atoms with E-state index in [0.717, 1.165) is 13.1 Å². The molecule has 3 rings (SSSR count). The van der Waals surface area contributed by atoms with Crippen LogP contribution in [0, 0.1) is 0 Å². The lowest BCUT2D eigenvalue weighted by atomic mass is 9.92. The Morgan fingerprint density at radius 3 is 2.33 bits per heavy atom. The van der Waals surface area contributed by atoms with Crippen molar-refractivity contribution in [3.63, 3.8) is 0 Å². The van der Waals surface area contributed by atoms with Gasteiger partial charge in [0.2, 0.25) is 5.91 Å². The highest BCUT2D eigenvalue weighted by atomic mass is 35.5. The van der Waals surface area contributed by atoms with Gasteiger partial charge in [-0.05, 0) is 38.1 Å². The van der Waals surface area contributed by atoms with Crippen LogP contribution in [0.2, 0.25) is 5.02 Å². The number of fused-ring (bicyclic) bond motifs is 1. The molecule has 0 saturated carbocycles. The van der Waals surface area contributed by atoms with E-state index in [0.29, 0.717) is 30.2 Å². The van der Waals surface area contributed by atoms with Gasteiger partial charge in [-0.2, -0.15) is 0 Å². The number of hydrogen-bond acceptors (Lipinski definition) is 3. The molecule has 6 heteroatoms. The molecule has 2 aliphatic heterocycles. The quantitative estimate of drug-likeness (QED) is 0.780. The molecule has 1 aromatic carbocycles. The SMILES string of the molecule is CC(=O)N1CC2CN(C(=O)c3ccc(Cl)cc3)CCN2C(C)(C)C1. The number of benzene rings is 1. The number of piperazine rings is 2. The number of rotatable bonds is 1. The predicted molar refractivity (Wildman–Crippen MR) is 94.2 cm³/mol. The summed E-state index contributed by atoms with van der Waals surface area (Å²) in [6, 6.07) is 7.20. The van der Waals surface area contributed by atoms with E-state index >= 15 is 0 Å². The van der Waals surface area contributed by atoms with Crippen molar-refractivity contribution >= 4 is 23.4 Å². The first-order valence-electron chi connectivity index (χ1n) is 8.35. The number of carbonyl (C=O) groups is 2. The third-order valence-electron chi connectivity index (χ3n) is 5.09. The molecule has 0 aliphatic carbocycles. The molecular formula is C18H24ClN3O2. The Kier molecular flexibility index (Phi) is 4.58. The van der Waals surface area contributed by atoms with Crippen LogP contribution in [0.15, 0.2) is 24.3 Å². The third kappa shape index (κ3) is 3.28. The maximum atomic E-state index is 12.7. The summed E-state index contributed by atoms with van der Waals surface area (Å²) in [5, 5.41) is 0.627. The van der Waals surface area contributed by atoms with E-state index in [9.17, 15) is 9.59 Å². The van der Waals surface area contributed by atoms with Crippen molar-refractivity contribution in [2.75, 3.05) is 32.7 Å². The lowest BCUT2D eigenvalue weighted by molar-refractivity contribution is -0.138. The summed E-state index contributed by atoms with van der Waals surface area (Å²) in [4.78, 5) is 30.8. The number of carbonyl (C=O) groups excluding carboxylic acids is 2. The van der Waals surface area contributed by atoms with E-state index < -0.39 is 0 Å².